The lowest BCUT2D eigenvalue weighted by atomic mass is 10.1. The zero-order chi connectivity index (χ0) is 17.7. The van der Waals surface area contributed by atoms with Gasteiger partial charge in [0.2, 0.25) is 0 Å². The fourth-order valence-electron chi connectivity index (χ4n) is 3.30. The van der Waals surface area contributed by atoms with E-state index in [4.69, 9.17) is 0 Å². The molecule has 5 rings (SSSR count). The molecule has 0 unspecified atom stereocenters. The second-order valence-corrected chi connectivity index (χ2v) is 5.88. The fourth-order valence-corrected chi connectivity index (χ4v) is 3.30. The van der Waals surface area contributed by atoms with Gasteiger partial charge in [-0.15, -0.1) is 0 Å². The lowest BCUT2D eigenvalue weighted by molar-refractivity contribution is -0.384. The summed E-state index contributed by atoms with van der Waals surface area (Å²) in [4.78, 5) is 24.1. The van der Waals surface area contributed by atoms with Crippen molar-refractivity contribution in [2.75, 3.05) is 0 Å². The number of pyridine rings is 2. The van der Waals surface area contributed by atoms with Crippen LogP contribution in [0.3, 0.4) is 0 Å². The number of nitro benzene ring substituents is 1. The maximum absolute atomic E-state index is 10.9. The Morgan fingerprint density at radius 2 is 1.46 bits per heavy atom. The highest BCUT2D eigenvalue weighted by Crippen LogP contribution is 2.33. The van der Waals surface area contributed by atoms with Crippen LogP contribution in [0, 0.1) is 10.1 Å². The van der Waals surface area contributed by atoms with Crippen LogP contribution >= 0.6 is 0 Å². The molecule has 2 aromatic carbocycles. The number of non-ortho nitro benzene ring substituents is 1. The second-order valence-electron chi connectivity index (χ2n) is 5.88. The van der Waals surface area contributed by atoms with Crippen molar-refractivity contribution in [2.24, 2.45) is 0 Å². The van der Waals surface area contributed by atoms with E-state index < -0.39 is 4.92 Å². The van der Waals surface area contributed by atoms with Crippen molar-refractivity contribution in [3.8, 4) is 5.69 Å². The third-order valence-electron chi connectivity index (χ3n) is 4.46. The van der Waals surface area contributed by atoms with Crippen LogP contribution in [0.25, 0.3) is 38.5 Å². The molecule has 5 aromatic rings. The molecule has 0 spiro atoms. The van der Waals surface area contributed by atoms with Crippen LogP contribution in [0.15, 0.2) is 67.3 Å². The molecule has 7 heteroatoms. The number of hydrogen-bond donors (Lipinski definition) is 0. The third-order valence-corrected chi connectivity index (χ3v) is 4.46. The van der Waals surface area contributed by atoms with Crippen LogP contribution in [0.5, 0.6) is 0 Å². The summed E-state index contributed by atoms with van der Waals surface area (Å²) in [5.41, 5.74) is 4.20. The Labute approximate surface area is 146 Å². The summed E-state index contributed by atoms with van der Waals surface area (Å²) in [5.74, 6) is 0. The standard InChI is InChI=1S/C19H11N5O2/c25-24(26)13-7-5-12(6-8-13)23-11-22-18-14-3-1-9-20-16(14)17-15(19(18)23)4-2-10-21-17/h1-11H. The Kier molecular flexibility index (Phi) is 2.96. The molecule has 124 valence electrons. The van der Waals surface area contributed by atoms with Gasteiger partial charge in [0, 0.05) is 41.0 Å². The van der Waals surface area contributed by atoms with E-state index in [-0.39, 0.29) is 5.69 Å². The molecule has 0 aliphatic rings. The van der Waals surface area contributed by atoms with Gasteiger partial charge in [-0.05, 0) is 36.4 Å². The summed E-state index contributed by atoms with van der Waals surface area (Å²) in [6.45, 7) is 0. The Hall–Kier alpha value is -3.87. The minimum atomic E-state index is -0.408. The number of fused-ring (bicyclic) bond motifs is 6. The van der Waals surface area contributed by atoms with Gasteiger partial charge in [-0.2, -0.15) is 0 Å². The second kappa shape index (κ2) is 5.32. The number of imidazole rings is 1. The Morgan fingerprint density at radius 3 is 2.15 bits per heavy atom. The zero-order valence-electron chi connectivity index (χ0n) is 13.4. The molecule has 0 saturated heterocycles. The summed E-state index contributed by atoms with van der Waals surface area (Å²) in [5, 5.41) is 12.8. The highest BCUT2D eigenvalue weighted by molar-refractivity contribution is 6.20. The molecule has 0 atom stereocenters. The molecule has 7 nitrogen and oxygen atoms in total. The third kappa shape index (κ3) is 1.97. The van der Waals surface area contributed by atoms with Gasteiger partial charge in [0.25, 0.3) is 5.69 Å². The highest BCUT2D eigenvalue weighted by Gasteiger charge is 2.16. The Balaban J connectivity index is 1.90. The first-order valence-electron chi connectivity index (χ1n) is 7.97. The van der Waals surface area contributed by atoms with E-state index in [0.29, 0.717) is 0 Å². The molecule has 0 aliphatic heterocycles. The Morgan fingerprint density at radius 1 is 0.808 bits per heavy atom. The summed E-state index contributed by atoms with van der Waals surface area (Å²) in [6, 6.07) is 14.1. The van der Waals surface area contributed by atoms with Crippen molar-refractivity contribution in [3.63, 3.8) is 0 Å². The largest absolute Gasteiger partial charge is 0.298 e. The molecule has 0 radical (unpaired) electrons. The number of benzene rings is 2. The first-order valence-corrected chi connectivity index (χ1v) is 7.97. The van der Waals surface area contributed by atoms with Gasteiger partial charge in [-0.3, -0.25) is 24.6 Å². The zero-order valence-corrected chi connectivity index (χ0v) is 13.4. The molecule has 0 N–H and O–H groups in total. The maximum atomic E-state index is 10.9. The summed E-state index contributed by atoms with van der Waals surface area (Å²) >= 11 is 0. The molecule has 26 heavy (non-hydrogen) atoms. The smallest absolute Gasteiger partial charge is 0.269 e. The number of nitro groups is 1. The van der Waals surface area contributed by atoms with Gasteiger partial charge in [0.05, 0.1) is 27.0 Å². The molecule has 0 fully saturated rings. The normalized spacial score (nSPS) is 11.4. The minimum absolute atomic E-state index is 0.0549. The maximum Gasteiger partial charge on any atom is 0.269 e. The molecule has 3 aromatic heterocycles. The van der Waals surface area contributed by atoms with Crippen molar-refractivity contribution in [2.45, 2.75) is 0 Å². The van der Waals surface area contributed by atoms with Crippen molar-refractivity contribution >= 4 is 38.5 Å². The van der Waals surface area contributed by atoms with E-state index >= 15 is 0 Å². The topological polar surface area (TPSA) is 86.7 Å². The fraction of sp³-hybridized carbons (Fsp3) is 0. The average Bonchev–Trinajstić information content (AvgIpc) is 3.14. The predicted octanol–water partition coefficient (Wildman–Crippen LogP) is 4.03. The number of rotatable bonds is 2. The minimum Gasteiger partial charge on any atom is -0.298 e. The van der Waals surface area contributed by atoms with E-state index in [1.807, 2.05) is 28.8 Å². The molecule has 0 aliphatic carbocycles. The van der Waals surface area contributed by atoms with Crippen molar-refractivity contribution in [1.82, 2.24) is 19.5 Å². The lowest BCUT2D eigenvalue weighted by Gasteiger charge is -2.08. The SMILES string of the molecule is O=[N+]([O-])c1ccc(-n2cnc3c4cccnc4c4ncccc4c32)cc1. The van der Waals surface area contributed by atoms with Crippen molar-refractivity contribution in [1.29, 1.82) is 0 Å². The molecular formula is C19H11N5O2. The first-order chi connectivity index (χ1) is 12.7. The van der Waals surface area contributed by atoms with Crippen LogP contribution in [-0.4, -0.2) is 24.4 Å². The van der Waals surface area contributed by atoms with E-state index in [9.17, 15) is 10.1 Å². The van der Waals surface area contributed by atoms with Gasteiger partial charge in [0.15, 0.2) is 0 Å². The number of aromatic nitrogens is 4. The van der Waals surface area contributed by atoms with Gasteiger partial charge in [-0.25, -0.2) is 4.98 Å². The molecule has 0 amide bonds. The van der Waals surface area contributed by atoms with Gasteiger partial charge in [-0.1, -0.05) is 0 Å². The number of nitrogens with zero attached hydrogens (tertiary/aromatic N) is 5. The Bertz CT molecular complexity index is 1310. The van der Waals surface area contributed by atoms with Crippen molar-refractivity contribution in [3.05, 3.63) is 77.4 Å². The van der Waals surface area contributed by atoms with Gasteiger partial charge >= 0.3 is 0 Å². The number of hydrogen-bond acceptors (Lipinski definition) is 5. The van der Waals surface area contributed by atoms with Crippen LogP contribution in [0.4, 0.5) is 5.69 Å². The lowest BCUT2D eigenvalue weighted by Crippen LogP contribution is -1.95. The average molecular weight is 341 g/mol. The summed E-state index contributed by atoms with van der Waals surface area (Å²) < 4.78 is 1.93. The quantitative estimate of drug-likeness (QED) is 0.275. The predicted molar refractivity (Wildman–Crippen MR) is 98.3 cm³/mol. The monoisotopic (exact) mass is 341 g/mol. The molecule has 0 saturated carbocycles. The highest BCUT2D eigenvalue weighted by atomic mass is 16.6. The van der Waals surface area contributed by atoms with Gasteiger partial charge < -0.3 is 0 Å². The van der Waals surface area contributed by atoms with Crippen LogP contribution in [0.2, 0.25) is 0 Å². The molecule has 3 heterocycles. The van der Waals surface area contributed by atoms with E-state index in [1.165, 1.54) is 12.1 Å². The summed E-state index contributed by atoms with van der Waals surface area (Å²) in [7, 11) is 0. The van der Waals surface area contributed by atoms with Crippen molar-refractivity contribution < 1.29 is 4.92 Å². The van der Waals surface area contributed by atoms with Crippen LogP contribution in [-0.2, 0) is 0 Å². The van der Waals surface area contributed by atoms with E-state index in [2.05, 4.69) is 15.0 Å². The van der Waals surface area contributed by atoms with Crippen LogP contribution in [0.1, 0.15) is 0 Å². The molecular weight excluding hydrogens is 330 g/mol. The van der Waals surface area contributed by atoms with Crippen LogP contribution < -0.4 is 0 Å². The van der Waals surface area contributed by atoms with E-state index in [1.54, 1.807) is 30.9 Å². The van der Waals surface area contributed by atoms with E-state index in [0.717, 1.165) is 38.5 Å². The summed E-state index contributed by atoms with van der Waals surface area (Å²) in [6.07, 6.45) is 5.22. The molecule has 0 bridgehead atoms. The van der Waals surface area contributed by atoms with Gasteiger partial charge in [0.1, 0.15) is 6.33 Å². The first kappa shape index (κ1) is 14.5.